The normalized spacial score (nSPS) is 14.5. The van der Waals surface area contributed by atoms with Crippen LogP contribution in [0.2, 0.25) is 0 Å². The molecule has 0 aliphatic rings. The molecule has 11 heavy (non-hydrogen) atoms. The van der Waals surface area contributed by atoms with Gasteiger partial charge in [-0.3, -0.25) is 0 Å². The second-order valence-electron chi connectivity index (χ2n) is 1.99. The average Bonchev–Trinajstić information content (AvgIpc) is 1.99. The van der Waals surface area contributed by atoms with Crippen LogP contribution >= 0.6 is 0 Å². The molecule has 0 unspecified atom stereocenters. The predicted octanol–water partition coefficient (Wildman–Crippen LogP) is -2.00. The Kier molecular flexibility index (Phi) is 4.16. The van der Waals surface area contributed by atoms with Crippen molar-refractivity contribution >= 4 is 11.7 Å². The largest absolute Gasteiger partial charge is 0.792 e. The third kappa shape index (κ3) is 3.54. The zero-order valence-corrected chi connectivity index (χ0v) is 5.86. The van der Waals surface area contributed by atoms with E-state index in [-0.39, 0.29) is 13.0 Å². The number of hydrogen-bond donors (Lipinski definition) is 3. The summed E-state index contributed by atoms with van der Waals surface area (Å²) in [5.74, 6) is -1.40. The number of hydrogen-bond acceptors (Lipinski definition) is 4. The fourth-order valence-corrected chi connectivity index (χ4v) is 0.489. The van der Waals surface area contributed by atoms with Gasteiger partial charge in [-0.05, 0) is 0 Å². The summed E-state index contributed by atoms with van der Waals surface area (Å²) in [6.07, 6.45) is -1.15. The van der Waals surface area contributed by atoms with E-state index >= 15 is 0 Å². The minimum Gasteiger partial charge on any atom is -0.792 e. The van der Waals surface area contributed by atoms with Gasteiger partial charge >= 0.3 is 5.97 Å². The van der Waals surface area contributed by atoms with Crippen molar-refractivity contribution in [3.05, 3.63) is 5.21 Å². The van der Waals surface area contributed by atoms with E-state index in [0.29, 0.717) is 0 Å². The van der Waals surface area contributed by atoms with Crippen LogP contribution in [0.3, 0.4) is 0 Å². The van der Waals surface area contributed by atoms with Gasteiger partial charge in [0.25, 0.3) is 0 Å². The van der Waals surface area contributed by atoms with Crippen LogP contribution in [0.5, 0.6) is 0 Å². The third-order valence-electron chi connectivity index (χ3n) is 1.12. The fraction of sp³-hybridized carbons (Fsp3) is 0.600. The molecule has 0 saturated heterocycles. The number of carboxylic acids is 1. The van der Waals surface area contributed by atoms with E-state index in [2.05, 4.69) is 10.9 Å². The molecule has 0 aromatic carbocycles. The first-order valence-corrected chi connectivity index (χ1v) is 3.01. The Morgan fingerprint density at radius 2 is 2.27 bits per heavy atom. The molecule has 1 atom stereocenters. The minimum absolute atomic E-state index is 0.159. The van der Waals surface area contributed by atoms with Gasteiger partial charge in [0.2, 0.25) is 0 Å². The van der Waals surface area contributed by atoms with Gasteiger partial charge < -0.3 is 26.3 Å². The molecule has 6 heteroatoms. The number of nitrogens with zero attached hydrogens (tertiary/aromatic N) is 1. The fourth-order valence-electron chi connectivity index (χ4n) is 0.489. The molecule has 0 aliphatic carbocycles. The molecule has 0 aromatic heterocycles. The second kappa shape index (κ2) is 4.64. The van der Waals surface area contributed by atoms with Crippen LogP contribution in [0.25, 0.3) is 0 Å². The summed E-state index contributed by atoms with van der Waals surface area (Å²) in [6.45, 7) is 0.159. The Balaban J connectivity index is 4.00. The topological polar surface area (TPSA) is 121 Å². The Hall–Kier alpha value is -1.14. The summed E-state index contributed by atoms with van der Waals surface area (Å²) in [7, 11) is 0. The molecule has 0 aromatic rings. The van der Waals surface area contributed by atoms with Gasteiger partial charge in [0, 0.05) is 6.42 Å². The van der Waals surface area contributed by atoms with E-state index in [1.807, 2.05) is 0 Å². The summed E-state index contributed by atoms with van der Waals surface area (Å²) < 4.78 is 0. The number of quaternary nitrogens is 1. The van der Waals surface area contributed by atoms with Crippen LogP contribution in [-0.4, -0.2) is 34.5 Å². The second-order valence-corrected chi connectivity index (χ2v) is 1.99. The average molecular weight is 162 g/mol. The summed E-state index contributed by atoms with van der Waals surface area (Å²) in [6, 6.07) is 0. The smallest absolute Gasteiger partial charge is 0.349 e. The zero-order valence-electron chi connectivity index (χ0n) is 5.86. The highest BCUT2D eigenvalue weighted by molar-refractivity contribution is 6.35. The van der Waals surface area contributed by atoms with Crippen molar-refractivity contribution in [2.75, 3.05) is 6.54 Å². The number of aliphatic carboxylic acids is 1. The van der Waals surface area contributed by atoms with E-state index in [4.69, 9.17) is 10.2 Å². The Morgan fingerprint density at radius 1 is 1.73 bits per heavy atom. The monoisotopic (exact) mass is 162 g/mol. The summed E-state index contributed by atoms with van der Waals surface area (Å²) in [5.41, 5.74) is 2.76. The van der Waals surface area contributed by atoms with Crippen LogP contribution in [0.4, 0.5) is 0 Å². The Labute approximate surface area is 62.9 Å². The highest BCUT2D eigenvalue weighted by Crippen LogP contribution is 1.92. The van der Waals surface area contributed by atoms with E-state index in [1.54, 1.807) is 0 Å². The van der Waals surface area contributed by atoms with Crippen LogP contribution in [-0.2, 0) is 4.79 Å². The van der Waals surface area contributed by atoms with Gasteiger partial charge in [0.05, 0.1) is 0 Å². The molecular formula is C5H10N2O4. The minimum atomic E-state index is -1.40. The van der Waals surface area contributed by atoms with Crippen molar-refractivity contribution < 1.29 is 20.7 Å². The quantitative estimate of drug-likeness (QED) is 0.327. The van der Waals surface area contributed by atoms with E-state index in [9.17, 15) is 10.0 Å². The van der Waals surface area contributed by atoms with Gasteiger partial charge in [-0.25, -0.2) is 4.79 Å². The maximum absolute atomic E-state index is 10.1. The molecule has 0 amide bonds. The molecule has 64 valence electrons. The molecule has 6 nitrogen and oxygen atoms in total. The van der Waals surface area contributed by atoms with E-state index < -0.39 is 17.8 Å². The van der Waals surface area contributed by atoms with Crippen molar-refractivity contribution in [1.82, 2.24) is 0 Å². The third-order valence-corrected chi connectivity index (χ3v) is 1.12. The van der Waals surface area contributed by atoms with Crippen LogP contribution in [0.1, 0.15) is 6.42 Å². The molecule has 0 aliphatic heterocycles. The van der Waals surface area contributed by atoms with Gasteiger partial charge in [-0.2, -0.15) is 0 Å². The van der Waals surface area contributed by atoms with Crippen molar-refractivity contribution in [1.29, 1.82) is 0 Å². The number of carbonyl (C=O) groups is 1. The molecule has 0 spiro atoms. The first kappa shape index (κ1) is 9.86. The lowest BCUT2D eigenvalue weighted by molar-refractivity contribution is -0.383. The molecule has 0 heterocycles. The summed E-state index contributed by atoms with van der Waals surface area (Å²) in [5, 5.41) is 29.2. The lowest BCUT2D eigenvalue weighted by Gasteiger charge is -2.06. The van der Waals surface area contributed by atoms with Crippen LogP contribution < -0.4 is 5.73 Å². The van der Waals surface area contributed by atoms with Gasteiger partial charge in [0.1, 0.15) is 18.4 Å². The first-order chi connectivity index (χ1) is 5.11. The summed E-state index contributed by atoms with van der Waals surface area (Å²) in [4.78, 5) is 10.1. The van der Waals surface area contributed by atoms with Gasteiger partial charge in [0.15, 0.2) is 0 Å². The lowest BCUT2D eigenvalue weighted by atomic mass is 10.2. The van der Waals surface area contributed by atoms with Gasteiger partial charge in [-0.1, -0.05) is 0 Å². The molecule has 0 radical (unpaired) electrons. The SMILES string of the molecule is [NH3+]C[C@H](O)C/C(=N\[O-])C(=O)O. The standard InChI is InChI=1S/C5H10N2O4/c6-2-3(8)1-4(7-11)5(9)10/h3,8,11H,1-2,6H2,(H,9,10)/b7-4+/t3-/m1/s1. The van der Waals surface area contributed by atoms with Crippen LogP contribution in [0, 0.1) is 5.21 Å². The zero-order chi connectivity index (χ0) is 8.85. The lowest BCUT2D eigenvalue weighted by Crippen LogP contribution is -2.56. The van der Waals surface area contributed by atoms with Crippen molar-refractivity contribution in [2.45, 2.75) is 12.5 Å². The highest BCUT2D eigenvalue weighted by Gasteiger charge is 2.13. The number of carboxylic acid groups (broad SMARTS) is 1. The molecule has 5 N–H and O–H groups in total. The maximum Gasteiger partial charge on any atom is 0.349 e. The first-order valence-electron chi connectivity index (χ1n) is 3.01. The van der Waals surface area contributed by atoms with Gasteiger partial charge in [-0.15, -0.1) is 0 Å². The number of aliphatic hydroxyl groups excluding tert-OH is 1. The van der Waals surface area contributed by atoms with Crippen LogP contribution in [0.15, 0.2) is 5.16 Å². The molecule has 0 saturated carbocycles. The molecular weight excluding hydrogens is 152 g/mol. The molecule has 0 fully saturated rings. The van der Waals surface area contributed by atoms with E-state index in [1.165, 1.54) is 0 Å². The number of rotatable bonds is 4. The predicted molar refractivity (Wildman–Crippen MR) is 36.8 cm³/mol. The maximum atomic E-state index is 10.1. The van der Waals surface area contributed by atoms with Crippen molar-refractivity contribution in [3.8, 4) is 0 Å². The van der Waals surface area contributed by atoms with E-state index in [0.717, 1.165) is 0 Å². The Morgan fingerprint density at radius 3 is 2.55 bits per heavy atom. The summed E-state index contributed by atoms with van der Waals surface area (Å²) >= 11 is 0. The molecule has 0 rings (SSSR count). The number of aliphatic hydroxyl groups is 1. The Bertz CT molecular complexity index is 168. The van der Waals surface area contributed by atoms with Crippen molar-refractivity contribution in [3.63, 3.8) is 0 Å². The van der Waals surface area contributed by atoms with Crippen molar-refractivity contribution in [2.24, 2.45) is 5.16 Å². The highest BCUT2D eigenvalue weighted by atomic mass is 16.4. The molecule has 0 bridgehead atoms.